The van der Waals surface area contributed by atoms with Gasteiger partial charge in [0, 0.05) is 24.1 Å². The normalized spacial score (nSPS) is 23.4. The lowest BCUT2D eigenvalue weighted by atomic mass is 9.84. The van der Waals surface area contributed by atoms with Crippen molar-refractivity contribution in [3.05, 3.63) is 48.1 Å². The Morgan fingerprint density at radius 2 is 2.30 bits per heavy atom. The highest BCUT2D eigenvalue weighted by Gasteiger charge is 2.25. The van der Waals surface area contributed by atoms with Crippen LogP contribution in [0.5, 0.6) is 0 Å². The Hall–Kier alpha value is -1.97. The van der Waals surface area contributed by atoms with Gasteiger partial charge in [-0.25, -0.2) is 4.68 Å². The number of rotatable bonds is 4. The Morgan fingerprint density at radius 3 is 3.13 bits per heavy atom. The summed E-state index contributed by atoms with van der Waals surface area (Å²) in [6, 6.07) is 0. The zero-order valence-electron chi connectivity index (χ0n) is 13.7. The fourth-order valence-electron chi connectivity index (χ4n) is 3.91. The Morgan fingerprint density at radius 1 is 1.30 bits per heavy atom. The van der Waals surface area contributed by atoms with Crippen molar-refractivity contribution in [2.75, 3.05) is 19.7 Å². The molecule has 1 aromatic heterocycles. The number of nitrogens with zero attached hydrogens (tertiary/aromatic N) is 3. The Labute approximate surface area is 138 Å². The number of fused-ring (bicyclic) bond motifs is 1. The van der Waals surface area contributed by atoms with E-state index in [9.17, 15) is 0 Å². The monoisotopic (exact) mass is 311 g/mol. The summed E-state index contributed by atoms with van der Waals surface area (Å²) in [6.45, 7) is 2.93. The Bertz CT molecular complexity index is 641. The van der Waals surface area contributed by atoms with Crippen LogP contribution >= 0.6 is 0 Å². The lowest BCUT2D eigenvalue weighted by Crippen LogP contribution is -2.27. The van der Waals surface area contributed by atoms with Crippen LogP contribution in [-0.4, -0.2) is 34.4 Å². The maximum atomic E-state index is 5.27. The number of hydrogen-bond donors (Lipinski definition) is 0. The molecular weight excluding hydrogens is 286 g/mol. The molecule has 2 aliphatic carbocycles. The molecule has 0 saturated heterocycles. The molecule has 122 valence electrons. The third-order valence-electron chi connectivity index (χ3n) is 5.20. The second-order valence-electron chi connectivity index (χ2n) is 6.65. The Kier molecular flexibility index (Phi) is 4.22. The van der Waals surface area contributed by atoms with Crippen LogP contribution in [0.25, 0.3) is 5.70 Å². The fraction of sp³-hybridized carbons (Fsp3) is 0.526. The van der Waals surface area contributed by atoms with Crippen molar-refractivity contribution in [3.8, 4) is 0 Å². The first-order valence-electron chi connectivity index (χ1n) is 8.87. The molecule has 0 fully saturated rings. The van der Waals surface area contributed by atoms with E-state index in [2.05, 4.69) is 40.2 Å². The minimum atomic E-state index is 0.656. The predicted molar refractivity (Wildman–Crippen MR) is 91.8 cm³/mol. The van der Waals surface area contributed by atoms with Gasteiger partial charge in [0.2, 0.25) is 0 Å². The van der Waals surface area contributed by atoms with E-state index in [1.807, 2.05) is 6.26 Å². The van der Waals surface area contributed by atoms with E-state index >= 15 is 0 Å². The summed E-state index contributed by atoms with van der Waals surface area (Å²) < 4.78 is 7.49. The van der Waals surface area contributed by atoms with Gasteiger partial charge in [-0.3, -0.25) is 0 Å². The molecule has 4 nitrogen and oxygen atoms in total. The predicted octanol–water partition coefficient (Wildman–Crippen LogP) is 3.69. The van der Waals surface area contributed by atoms with E-state index in [-0.39, 0.29) is 0 Å². The van der Waals surface area contributed by atoms with Gasteiger partial charge in [-0.05, 0) is 56.1 Å². The van der Waals surface area contributed by atoms with E-state index in [1.54, 1.807) is 0 Å². The van der Waals surface area contributed by atoms with Crippen LogP contribution < -0.4 is 0 Å². The number of aromatic nitrogens is 2. The van der Waals surface area contributed by atoms with Gasteiger partial charge in [0.1, 0.15) is 6.61 Å². The van der Waals surface area contributed by atoms with Crippen LogP contribution in [0, 0.1) is 0 Å². The van der Waals surface area contributed by atoms with Gasteiger partial charge >= 0.3 is 0 Å². The fourth-order valence-corrected chi connectivity index (χ4v) is 3.91. The maximum Gasteiger partial charge on any atom is 0.105 e. The molecule has 0 spiro atoms. The molecule has 0 saturated carbocycles. The minimum Gasteiger partial charge on any atom is -0.498 e. The van der Waals surface area contributed by atoms with Crippen molar-refractivity contribution in [1.82, 2.24) is 14.7 Å². The van der Waals surface area contributed by atoms with Gasteiger partial charge in [0.25, 0.3) is 0 Å². The first-order valence-corrected chi connectivity index (χ1v) is 8.87. The molecule has 0 radical (unpaired) electrons. The largest absolute Gasteiger partial charge is 0.498 e. The van der Waals surface area contributed by atoms with Crippen LogP contribution in [0.3, 0.4) is 0 Å². The quantitative estimate of drug-likeness (QED) is 0.849. The van der Waals surface area contributed by atoms with Crippen molar-refractivity contribution >= 4 is 5.70 Å². The average Bonchev–Trinajstić information content (AvgIpc) is 3.06. The zero-order chi connectivity index (χ0) is 15.5. The molecule has 1 aliphatic heterocycles. The molecule has 0 N–H and O–H groups in total. The van der Waals surface area contributed by atoms with Crippen molar-refractivity contribution in [1.29, 1.82) is 0 Å². The molecule has 2 heterocycles. The van der Waals surface area contributed by atoms with Gasteiger partial charge in [0.05, 0.1) is 19.0 Å². The van der Waals surface area contributed by atoms with Crippen molar-refractivity contribution in [3.63, 3.8) is 0 Å². The summed E-state index contributed by atoms with van der Waals surface area (Å²) >= 11 is 0. The van der Waals surface area contributed by atoms with Crippen LogP contribution in [0.2, 0.25) is 0 Å². The molecule has 0 bridgehead atoms. The number of hydrogen-bond acceptors (Lipinski definition) is 3. The molecule has 1 unspecified atom stereocenters. The van der Waals surface area contributed by atoms with E-state index < -0.39 is 0 Å². The van der Waals surface area contributed by atoms with E-state index in [4.69, 9.17) is 9.84 Å². The summed E-state index contributed by atoms with van der Waals surface area (Å²) in [5.74, 6) is 0.656. The second-order valence-corrected chi connectivity index (χ2v) is 6.65. The molecule has 0 amide bonds. The molecule has 23 heavy (non-hydrogen) atoms. The topological polar surface area (TPSA) is 30.3 Å². The summed E-state index contributed by atoms with van der Waals surface area (Å²) in [5.41, 5.74) is 4.30. The first-order chi connectivity index (χ1) is 11.4. The molecule has 3 aliphatic rings. The smallest absolute Gasteiger partial charge is 0.105 e. The molecule has 1 atom stereocenters. The lowest BCUT2D eigenvalue weighted by molar-refractivity contribution is 0.170. The third-order valence-corrected chi connectivity index (χ3v) is 5.20. The van der Waals surface area contributed by atoms with E-state index in [0.29, 0.717) is 5.92 Å². The standard InChI is InChI=1S/C19H25N3O/c1-2-6-17(7-3-1)22-19-8-4-5-16(18(19)15-20-22)9-10-21-11-13-23-14-12-21/h1-2,6,11,13,15-16H,3-5,7-10,12,14H2. The van der Waals surface area contributed by atoms with Crippen molar-refractivity contribution in [2.45, 2.75) is 44.4 Å². The lowest BCUT2D eigenvalue weighted by Gasteiger charge is -2.28. The average molecular weight is 311 g/mol. The molecule has 1 aromatic rings. The van der Waals surface area contributed by atoms with Gasteiger partial charge in [-0.1, -0.05) is 12.2 Å². The summed E-state index contributed by atoms with van der Waals surface area (Å²) in [5, 5.41) is 4.73. The highest BCUT2D eigenvalue weighted by Crippen LogP contribution is 2.35. The van der Waals surface area contributed by atoms with Gasteiger partial charge in [-0.2, -0.15) is 5.10 Å². The number of ether oxygens (including phenoxy) is 1. The van der Waals surface area contributed by atoms with E-state index in [0.717, 1.165) is 32.5 Å². The molecule has 4 rings (SSSR count). The van der Waals surface area contributed by atoms with E-state index in [1.165, 1.54) is 42.6 Å². The molecule has 0 aromatic carbocycles. The zero-order valence-corrected chi connectivity index (χ0v) is 13.7. The van der Waals surface area contributed by atoms with Crippen LogP contribution in [0.1, 0.15) is 49.3 Å². The minimum absolute atomic E-state index is 0.656. The SMILES string of the molecule is C1=CCCC(n2ncc3c2CCCC3CCN2C=COCC2)=C1. The summed E-state index contributed by atoms with van der Waals surface area (Å²) in [4.78, 5) is 2.37. The van der Waals surface area contributed by atoms with Gasteiger partial charge < -0.3 is 9.64 Å². The highest BCUT2D eigenvalue weighted by atomic mass is 16.5. The summed E-state index contributed by atoms with van der Waals surface area (Å²) in [6.07, 6.45) is 19.8. The first kappa shape index (κ1) is 14.6. The second kappa shape index (κ2) is 6.65. The number of allylic oxidation sites excluding steroid dienone is 4. The molecule has 4 heteroatoms. The van der Waals surface area contributed by atoms with Crippen molar-refractivity contribution in [2.24, 2.45) is 0 Å². The van der Waals surface area contributed by atoms with Crippen molar-refractivity contribution < 1.29 is 4.74 Å². The Balaban J connectivity index is 1.49. The van der Waals surface area contributed by atoms with Crippen LogP contribution in [0.15, 0.2) is 36.9 Å². The van der Waals surface area contributed by atoms with Crippen LogP contribution in [-0.2, 0) is 11.2 Å². The highest BCUT2D eigenvalue weighted by molar-refractivity contribution is 5.52. The third kappa shape index (κ3) is 3.07. The maximum absolute atomic E-state index is 5.27. The molecular formula is C19H25N3O. The summed E-state index contributed by atoms with van der Waals surface area (Å²) in [7, 11) is 0. The van der Waals surface area contributed by atoms with Gasteiger partial charge in [-0.15, -0.1) is 0 Å². The van der Waals surface area contributed by atoms with Crippen LogP contribution in [0.4, 0.5) is 0 Å². The van der Waals surface area contributed by atoms with Gasteiger partial charge in [0.15, 0.2) is 0 Å².